The van der Waals surface area contributed by atoms with Crippen molar-refractivity contribution in [2.45, 2.75) is 213 Å². The fraction of sp³-hybridized carbons (Fsp3) is 0.729. The lowest BCUT2D eigenvalue weighted by Gasteiger charge is -2.34. The fourth-order valence-corrected chi connectivity index (χ4v) is 9.87. The first-order chi connectivity index (χ1) is 37.7. The first-order valence-electron chi connectivity index (χ1n) is 29.2. The van der Waals surface area contributed by atoms with Crippen LogP contribution in [0.25, 0.3) is 0 Å². The number of nitrogens with one attached hydrogen (secondary N) is 9. The molecular formula is C59H98FN11O10. The second kappa shape index (κ2) is 31.9. The Morgan fingerprint density at radius 2 is 1.06 bits per heavy atom. The summed E-state index contributed by atoms with van der Waals surface area (Å²) in [6.07, 6.45) is 7.64. The van der Waals surface area contributed by atoms with Gasteiger partial charge in [0, 0.05) is 38.2 Å². The molecule has 2 fully saturated rings. The molecule has 1 aliphatic heterocycles. The van der Waals surface area contributed by atoms with Crippen molar-refractivity contribution in [3.8, 4) is 0 Å². The average molecular weight is 1140 g/mol. The number of benzene rings is 1. The van der Waals surface area contributed by atoms with Gasteiger partial charge in [-0.1, -0.05) is 73.6 Å². The number of amides is 10. The normalized spacial score (nSPS) is 16.7. The van der Waals surface area contributed by atoms with Gasteiger partial charge in [-0.25, -0.2) is 4.39 Å². The molecule has 456 valence electrons. The molecule has 1 aliphatic carbocycles. The number of likely N-dealkylation sites (tertiary alicyclic amines) is 1. The zero-order valence-electron chi connectivity index (χ0n) is 50.9. The highest BCUT2D eigenvalue weighted by atomic mass is 19.1. The maximum absolute atomic E-state index is 14.4. The van der Waals surface area contributed by atoms with Crippen LogP contribution in [-0.2, 0) is 43.2 Å². The van der Waals surface area contributed by atoms with Gasteiger partial charge in [-0.3, -0.25) is 47.9 Å². The molecule has 0 spiro atoms. The van der Waals surface area contributed by atoms with Gasteiger partial charge in [-0.05, 0) is 149 Å². The lowest BCUT2D eigenvalue weighted by Crippen LogP contribution is -2.65. The Bertz CT molecular complexity index is 2320. The highest BCUT2D eigenvalue weighted by molar-refractivity contribution is 6.01. The van der Waals surface area contributed by atoms with Crippen LogP contribution >= 0.6 is 0 Å². The molecule has 3 rings (SSSR count). The molecule has 22 heteroatoms. The van der Waals surface area contributed by atoms with Crippen molar-refractivity contribution < 1.29 is 52.3 Å². The number of carbonyl (C=O) groups is 10. The minimum Gasteiger partial charge on any atom is -0.355 e. The minimum absolute atomic E-state index is 0.0338. The standard InChI is InChI=1S/C59H98FN11O10/c1-36(2)33-43(49(74)65-45(35-38(5)6)51(76)68-59(11,12)56(81)69-57(7,8)54(79)62-29-28-47(72)61-30-32-70(13)14)66-55(80)58(9,10)67-50(75)44(34-37(3)4)64-48(73)42(27-22-39-19-16-15-17-20-39)63-52(77)46-21-18-31-71(46)53(78)40-23-25-41(60)26-24-40/h23-26,36-39,42-46H,15-22,27-35H2,1-14H3,(H,61,72)(H,62,79)(H,63,77)(H,64,73)(H,65,74)(H,66,80)(H,67,75)(H,68,76)(H,69,81)/t42-,43-,44-,45-,46-/m0/s1. The van der Waals surface area contributed by atoms with Gasteiger partial charge in [0.15, 0.2) is 0 Å². The summed E-state index contributed by atoms with van der Waals surface area (Å²) in [5, 5.41) is 25.0. The Balaban J connectivity index is 1.74. The van der Waals surface area contributed by atoms with E-state index in [0.29, 0.717) is 44.8 Å². The molecule has 1 saturated heterocycles. The molecule has 1 heterocycles. The summed E-state index contributed by atoms with van der Waals surface area (Å²) in [5.74, 6) is -6.27. The van der Waals surface area contributed by atoms with E-state index < -0.39 is 106 Å². The summed E-state index contributed by atoms with van der Waals surface area (Å²) in [5.41, 5.74) is -4.45. The van der Waals surface area contributed by atoms with E-state index in [2.05, 4.69) is 47.9 Å². The van der Waals surface area contributed by atoms with Gasteiger partial charge in [0.25, 0.3) is 5.91 Å². The van der Waals surface area contributed by atoms with E-state index in [1.165, 1.54) is 70.7 Å². The number of nitrogens with zero attached hydrogens (tertiary/aromatic N) is 2. The van der Waals surface area contributed by atoms with E-state index in [1.54, 1.807) is 0 Å². The van der Waals surface area contributed by atoms with Gasteiger partial charge in [-0.2, -0.15) is 0 Å². The Labute approximate surface area is 480 Å². The Hall–Kier alpha value is -6.19. The molecule has 1 aromatic rings. The summed E-state index contributed by atoms with van der Waals surface area (Å²) in [6, 6.07) is -0.313. The molecule has 0 aromatic heterocycles. The van der Waals surface area contributed by atoms with Crippen molar-refractivity contribution in [2.75, 3.05) is 40.3 Å². The first kappa shape index (κ1) is 69.1. The second-order valence-electron chi connectivity index (χ2n) is 25.3. The van der Waals surface area contributed by atoms with Crippen LogP contribution < -0.4 is 47.9 Å². The maximum atomic E-state index is 14.4. The second-order valence-corrected chi connectivity index (χ2v) is 25.3. The molecule has 9 N–H and O–H groups in total. The number of hydrogen-bond donors (Lipinski definition) is 9. The molecule has 1 saturated carbocycles. The topological polar surface area (TPSA) is 285 Å². The van der Waals surface area contributed by atoms with Crippen LogP contribution in [0.4, 0.5) is 4.39 Å². The summed E-state index contributed by atoms with van der Waals surface area (Å²) < 4.78 is 13.7. The Morgan fingerprint density at radius 3 is 1.58 bits per heavy atom. The zero-order chi connectivity index (χ0) is 61.0. The Morgan fingerprint density at radius 1 is 0.568 bits per heavy atom. The van der Waals surface area contributed by atoms with Gasteiger partial charge < -0.3 is 57.7 Å². The molecule has 0 unspecified atom stereocenters. The Kier molecular flexibility index (Phi) is 27.2. The molecular weight excluding hydrogens is 1040 g/mol. The number of rotatable bonds is 31. The van der Waals surface area contributed by atoms with Crippen LogP contribution in [0.15, 0.2) is 24.3 Å². The van der Waals surface area contributed by atoms with E-state index in [9.17, 15) is 52.3 Å². The van der Waals surface area contributed by atoms with Crippen molar-refractivity contribution in [1.29, 1.82) is 0 Å². The van der Waals surface area contributed by atoms with Crippen LogP contribution in [0.1, 0.15) is 177 Å². The molecule has 21 nitrogen and oxygen atoms in total. The number of likely N-dealkylation sites (N-methyl/N-ethyl adjacent to an activating group) is 1. The molecule has 81 heavy (non-hydrogen) atoms. The van der Waals surface area contributed by atoms with Gasteiger partial charge in [0.2, 0.25) is 53.2 Å². The molecule has 1 aromatic carbocycles. The third-order valence-corrected chi connectivity index (χ3v) is 14.7. The number of hydrogen-bond acceptors (Lipinski definition) is 11. The molecule has 5 atom stereocenters. The van der Waals surface area contributed by atoms with E-state index in [0.717, 1.165) is 32.1 Å². The predicted octanol–water partition coefficient (Wildman–Crippen LogP) is 3.74. The van der Waals surface area contributed by atoms with Gasteiger partial charge in [0.1, 0.15) is 52.6 Å². The third kappa shape index (κ3) is 23.3. The van der Waals surface area contributed by atoms with Crippen molar-refractivity contribution >= 4 is 59.1 Å². The highest BCUT2D eigenvalue weighted by Crippen LogP contribution is 2.28. The van der Waals surface area contributed by atoms with Crippen LogP contribution in [-0.4, -0.2) is 156 Å². The highest BCUT2D eigenvalue weighted by Gasteiger charge is 2.41. The number of halogens is 1. The molecule has 2 aliphatic rings. The quantitative estimate of drug-likeness (QED) is 0.0517. The van der Waals surface area contributed by atoms with E-state index >= 15 is 0 Å². The smallest absolute Gasteiger partial charge is 0.254 e. The summed E-state index contributed by atoms with van der Waals surface area (Å²) in [6.45, 7) is 21.4. The van der Waals surface area contributed by atoms with Crippen molar-refractivity contribution in [2.24, 2.45) is 23.7 Å². The fourth-order valence-electron chi connectivity index (χ4n) is 9.87. The molecule has 0 bridgehead atoms. The molecule has 10 amide bonds. The van der Waals surface area contributed by atoms with E-state index in [1.807, 2.05) is 60.5 Å². The van der Waals surface area contributed by atoms with Crippen LogP contribution in [0.3, 0.4) is 0 Å². The largest absolute Gasteiger partial charge is 0.355 e. The summed E-state index contributed by atoms with van der Waals surface area (Å²) in [7, 11) is 3.77. The van der Waals surface area contributed by atoms with Crippen LogP contribution in [0.2, 0.25) is 0 Å². The molecule has 0 radical (unpaired) electrons. The third-order valence-electron chi connectivity index (χ3n) is 14.7. The van der Waals surface area contributed by atoms with Crippen molar-refractivity contribution in [3.05, 3.63) is 35.6 Å². The van der Waals surface area contributed by atoms with Gasteiger partial charge >= 0.3 is 0 Å². The van der Waals surface area contributed by atoms with Crippen molar-refractivity contribution in [1.82, 2.24) is 57.7 Å². The summed E-state index contributed by atoms with van der Waals surface area (Å²) in [4.78, 5) is 141. The minimum atomic E-state index is -1.65. The first-order valence-corrected chi connectivity index (χ1v) is 29.2. The van der Waals surface area contributed by atoms with Gasteiger partial charge in [-0.15, -0.1) is 0 Å². The van der Waals surface area contributed by atoms with Crippen molar-refractivity contribution in [3.63, 3.8) is 0 Å². The monoisotopic (exact) mass is 1140 g/mol. The van der Waals surface area contributed by atoms with Crippen LogP contribution in [0.5, 0.6) is 0 Å². The average Bonchev–Trinajstić information content (AvgIpc) is 3.94. The van der Waals surface area contributed by atoms with E-state index in [4.69, 9.17) is 0 Å². The SMILES string of the molecule is CC(C)C[C@H](NC(=O)[C@H](CCC1CCCCC1)NC(=O)[C@@H]1CCCN1C(=O)c1ccc(F)cc1)C(=O)NC(C)(C)C(=O)N[C@@H](CC(C)C)C(=O)N[C@@H](CC(C)C)C(=O)NC(C)(C)C(=O)NC(C)(C)C(=O)NCCC(=O)NCCN(C)C. The lowest BCUT2D eigenvalue weighted by molar-refractivity contribution is -0.139. The maximum Gasteiger partial charge on any atom is 0.254 e. The predicted molar refractivity (Wildman–Crippen MR) is 308 cm³/mol. The van der Waals surface area contributed by atoms with E-state index in [-0.39, 0.29) is 67.9 Å². The lowest BCUT2D eigenvalue weighted by atomic mass is 9.85. The summed E-state index contributed by atoms with van der Waals surface area (Å²) >= 11 is 0. The van der Waals surface area contributed by atoms with Crippen LogP contribution in [0, 0.1) is 29.5 Å². The number of carbonyl (C=O) groups excluding carboxylic acids is 10. The zero-order valence-corrected chi connectivity index (χ0v) is 50.9. The van der Waals surface area contributed by atoms with Gasteiger partial charge in [0.05, 0.1) is 0 Å².